The summed E-state index contributed by atoms with van der Waals surface area (Å²) in [6, 6.07) is 3.40. The van der Waals surface area contributed by atoms with Crippen LogP contribution in [0.1, 0.15) is 44.1 Å². The molecule has 0 aliphatic heterocycles. The summed E-state index contributed by atoms with van der Waals surface area (Å²) in [5.74, 6) is 0.620. The van der Waals surface area contributed by atoms with Crippen LogP contribution < -0.4 is 10.5 Å². The summed E-state index contributed by atoms with van der Waals surface area (Å²) >= 11 is 0. The van der Waals surface area contributed by atoms with Gasteiger partial charge in [-0.2, -0.15) is 0 Å². The molecule has 0 atom stereocenters. The fourth-order valence-electron chi connectivity index (χ4n) is 2.22. The Hall–Kier alpha value is -1.78. The molecular weight excluding hydrogens is 230 g/mol. The lowest BCUT2D eigenvalue weighted by molar-refractivity contribution is 0.176. The minimum atomic E-state index is 0.0723. The first kappa shape index (κ1) is 12.7. The molecule has 98 valence electrons. The van der Waals surface area contributed by atoms with Crippen molar-refractivity contribution in [2.75, 3.05) is 0 Å². The monoisotopic (exact) mass is 249 g/mol. The zero-order valence-corrected chi connectivity index (χ0v) is 10.4. The van der Waals surface area contributed by atoms with Gasteiger partial charge in [0.25, 0.3) is 0 Å². The summed E-state index contributed by atoms with van der Waals surface area (Å²) in [6.07, 6.45) is 9.01. The third-order valence-electron chi connectivity index (χ3n) is 3.23. The van der Waals surface area contributed by atoms with Crippen molar-refractivity contribution < 1.29 is 9.94 Å². The van der Waals surface area contributed by atoms with Gasteiger partial charge in [0, 0.05) is 17.8 Å². The number of hydrogen-bond acceptors (Lipinski definition) is 4. The van der Waals surface area contributed by atoms with Gasteiger partial charge in [0.2, 0.25) is 5.88 Å². The molecule has 0 unspecified atom stereocenters. The molecule has 0 amide bonds. The summed E-state index contributed by atoms with van der Waals surface area (Å²) in [5.41, 5.74) is 6.16. The van der Waals surface area contributed by atoms with E-state index < -0.39 is 0 Å². The molecule has 2 rings (SSSR count). The summed E-state index contributed by atoms with van der Waals surface area (Å²) in [7, 11) is 0. The largest absolute Gasteiger partial charge is 0.474 e. The topological polar surface area (TPSA) is 80.7 Å². The summed E-state index contributed by atoms with van der Waals surface area (Å²) in [6.45, 7) is 0. The van der Waals surface area contributed by atoms with Crippen molar-refractivity contribution >= 4 is 5.84 Å². The van der Waals surface area contributed by atoms with Crippen LogP contribution in [0.2, 0.25) is 0 Å². The van der Waals surface area contributed by atoms with Gasteiger partial charge in [-0.3, -0.25) is 0 Å². The molecule has 18 heavy (non-hydrogen) atoms. The average Bonchev–Trinajstić information content (AvgIpc) is 2.67. The van der Waals surface area contributed by atoms with Gasteiger partial charge in [0.15, 0.2) is 5.84 Å². The first-order valence-electron chi connectivity index (χ1n) is 6.40. The lowest BCUT2D eigenvalue weighted by Crippen LogP contribution is -2.17. The predicted molar refractivity (Wildman–Crippen MR) is 68.9 cm³/mol. The van der Waals surface area contributed by atoms with Gasteiger partial charge in [0.05, 0.1) is 0 Å². The minimum Gasteiger partial charge on any atom is -0.474 e. The van der Waals surface area contributed by atoms with E-state index in [2.05, 4.69) is 10.1 Å². The molecule has 1 heterocycles. The highest BCUT2D eigenvalue weighted by atomic mass is 16.5. The van der Waals surface area contributed by atoms with E-state index in [1.54, 1.807) is 18.3 Å². The highest BCUT2D eigenvalue weighted by Crippen LogP contribution is 2.22. The van der Waals surface area contributed by atoms with E-state index in [-0.39, 0.29) is 11.9 Å². The van der Waals surface area contributed by atoms with Crippen LogP contribution in [-0.4, -0.2) is 22.1 Å². The summed E-state index contributed by atoms with van der Waals surface area (Å²) < 4.78 is 5.87. The van der Waals surface area contributed by atoms with Crippen LogP contribution in [0.25, 0.3) is 0 Å². The van der Waals surface area contributed by atoms with Crippen molar-refractivity contribution in [2.24, 2.45) is 10.9 Å². The first-order chi connectivity index (χ1) is 8.79. The lowest BCUT2D eigenvalue weighted by Gasteiger charge is -2.16. The minimum absolute atomic E-state index is 0.0723. The molecule has 1 fully saturated rings. The summed E-state index contributed by atoms with van der Waals surface area (Å²) in [5, 5.41) is 11.6. The maximum atomic E-state index is 8.64. The van der Waals surface area contributed by atoms with E-state index in [0.29, 0.717) is 11.4 Å². The smallest absolute Gasteiger partial charge is 0.214 e. The fraction of sp³-hybridized carbons (Fsp3) is 0.538. The maximum absolute atomic E-state index is 8.64. The van der Waals surface area contributed by atoms with Gasteiger partial charge in [-0.05, 0) is 31.7 Å². The number of pyridine rings is 1. The number of aromatic nitrogens is 1. The first-order valence-corrected chi connectivity index (χ1v) is 6.40. The molecule has 0 radical (unpaired) electrons. The van der Waals surface area contributed by atoms with Gasteiger partial charge < -0.3 is 15.7 Å². The Labute approximate surface area is 107 Å². The highest BCUT2D eigenvalue weighted by Gasteiger charge is 2.14. The number of nitrogens with two attached hydrogens (primary N) is 1. The number of amidine groups is 1. The zero-order valence-electron chi connectivity index (χ0n) is 10.4. The number of ether oxygens (including phenoxy) is 1. The maximum Gasteiger partial charge on any atom is 0.214 e. The molecule has 0 saturated heterocycles. The number of rotatable bonds is 3. The molecule has 1 saturated carbocycles. The molecule has 3 N–H and O–H groups in total. The molecule has 0 bridgehead atoms. The van der Waals surface area contributed by atoms with Gasteiger partial charge >= 0.3 is 0 Å². The van der Waals surface area contributed by atoms with Crippen molar-refractivity contribution in [2.45, 2.75) is 44.6 Å². The van der Waals surface area contributed by atoms with Crippen molar-refractivity contribution in [3.8, 4) is 5.88 Å². The zero-order chi connectivity index (χ0) is 12.8. The second kappa shape index (κ2) is 6.23. The SMILES string of the molecule is N/C(=N\O)c1ccnc(OC2CCCCCC2)c1. The van der Waals surface area contributed by atoms with E-state index in [9.17, 15) is 0 Å². The third kappa shape index (κ3) is 3.35. The Morgan fingerprint density at radius 1 is 1.33 bits per heavy atom. The third-order valence-corrected chi connectivity index (χ3v) is 3.23. The Bertz CT molecular complexity index is 412. The van der Waals surface area contributed by atoms with Crippen LogP contribution in [-0.2, 0) is 0 Å². The van der Waals surface area contributed by atoms with Gasteiger partial charge in [-0.15, -0.1) is 0 Å². The van der Waals surface area contributed by atoms with Crippen molar-refractivity contribution in [3.05, 3.63) is 23.9 Å². The predicted octanol–water partition coefficient (Wildman–Crippen LogP) is 2.28. The van der Waals surface area contributed by atoms with Crippen molar-refractivity contribution in [1.82, 2.24) is 4.98 Å². The van der Waals surface area contributed by atoms with Crippen LogP contribution in [0, 0.1) is 0 Å². The van der Waals surface area contributed by atoms with E-state index in [1.165, 1.54) is 25.7 Å². The number of oxime groups is 1. The molecule has 5 nitrogen and oxygen atoms in total. The molecule has 1 aliphatic carbocycles. The number of nitrogens with zero attached hydrogens (tertiary/aromatic N) is 2. The quantitative estimate of drug-likeness (QED) is 0.283. The van der Waals surface area contributed by atoms with Crippen molar-refractivity contribution in [3.63, 3.8) is 0 Å². The Morgan fingerprint density at radius 3 is 2.72 bits per heavy atom. The molecule has 0 spiro atoms. The van der Waals surface area contributed by atoms with E-state index in [0.717, 1.165) is 12.8 Å². The normalized spacial score (nSPS) is 18.3. The van der Waals surface area contributed by atoms with Crippen LogP contribution in [0.4, 0.5) is 0 Å². The Balaban J connectivity index is 2.04. The van der Waals surface area contributed by atoms with Gasteiger partial charge in [-0.25, -0.2) is 4.98 Å². The van der Waals surface area contributed by atoms with Crippen LogP contribution in [0.15, 0.2) is 23.5 Å². The lowest BCUT2D eigenvalue weighted by atomic mass is 10.1. The van der Waals surface area contributed by atoms with Crippen LogP contribution >= 0.6 is 0 Å². The fourth-order valence-corrected chi connectivity index (χ4v) is 2.22. The van der Waals surface area contributed by atoms with Gasteiger partial charge in [-0.1, -0.05) is 18.0 Å². The van der Waals surface area contributed by atoms with Crippen LogP contribution in [0.3, 0.4) is 0 Å². The molecular formula is C13H19N3O2. The van der Waals surface area contributed by atoms with Crippen LogP contribution in [0.5, 0.6) is 5.88 Å². The van der Waals surface area contributed by atoms with E-state index >= 15 is 0 Å². The molecule has 1 aliphatic rings. The average molecular weight is 249 g/mol. The van der Waals surface area contributed by atoms with E-state index in [4.69, 9.17) is 15.7 Å². The Kier molecular flexibility index (Phi) is 4.39. The second-order valence-corrected chi connectivity index (χ2v) is 4.60. The standard InChI is InChI=1S/C13H19N3O2/c14-13(16-17)10-7-8-15-12(9-10)18-11-5-3-1-2-4-6-11/h7-9,11,17H,1-6H2,(H2,14,16). The second-order valence-electron chi connectivity index (χ2n) is 4.60. The van der Waals surface area contributed by atoms with E-state index in [1.807, 2.05) is 0 Å². The molecule has 5 heteroatoms. The highest BCUT2D eigenvalue weighted by molar-refractivity contribution is 5.97. The molecule has 1 aromatic rings. The molecule has 0 aromatic carbocycles. The summed E-state index contributed by atoms with van der Waals surface area (Å²) in [4.78, 5) is 4.17. The molecule has 1 aromatic heterocycles. The number of hydrogen-bond donors (Lipinski definition) is 2. The van der Waals surface area contributed by atoms with Crippen molar-refractivity contribution in [1.29, 1.82) is 0 Å². The van der Waals surface area contributed by atoms with Gasteiger partial charge in [0.1, 0.15) is 6.10 Å². The Morgan fingerprint density at radius 2 is 2.06 bits per heavy atom.